The van der Waals surface area contributed by atoms with Crippen LogP contribution in [0.1, 0.15) is 48.0 Å². The molecule has 0 heterocycles. The number of halogens is 1. The summed E-state index contributed by atoms with van der Waals surface area (Å²) in [5.41, 5.74) is 0. The summed E-state index contributed by atoms with van der Waals surface area (Å²) < 4.78 is 18.9. The first-order chi connectivity index (χ1) is 9.57. The molecule has 130 valence electrons. The lowest BCUT2D eigenvalue weighted by molar-refractivity contribution is -0.923. The zero-order valence-electron chi connectivity index (χ0n) is 14.9. The van der Waals surface area contributed by atoms with Gasteiger partial charge in [-0.2, -0.15) is 0 Å². The van der Waals surface area contributed by atoms with Crippen LogP contribution in [0.4, 0.5) is 0 Å². The van der Waals surface area contributed by atoms with E-state index in [1.807, 2.05) is 20.8 Å². The fraction of sp³-hybridized carbons (Fsp3) is 1.00. The van der Waals surface area contributed by atoms with E-state index in [1.54, 1.807) is 0 Å². The average Bonchev–Trinajstić information content (AvgIpc) is 2.45. The summed E-state index contributed by atoms with van der Waals surface area (Å²) in [6, 6.07) is 0.933. The molecule has 0 saturated carbocycles. The number of rotatable bonds is 13. The Labute approximate surface area is 139 Å². The van der Waals surface area contributed by atoms with Gasteiger partial charge in [0.15, 0.2) is 0 Å². The molecule has 0 aromatic heterocycles. The minimum absolute atomic E-state index is 0. The molecule has 0 saturated heterocycles. The minimum atomic E-state index is -2.44. The highest BCUT2D eigenvalue weighted by Gasteiger charge is 2.40. The largest absolute Gasteiger partial charge is 1.00 e. The highest BCUT2D eigenvalue weighted by molar-refractivity contribution is 6.60. The molecule has 0 aromatic carbocycles. The van der Waals surface area contributed by atoms with Crippen molar-refractivity contribution in [2.45, 2.75) is 54.0 Å². The van der Waals surface area contributed by atoms with Gasteiger partial charge in [0, 0.05) is 32.3 Å². The maximum Gasteiger partial charge on any atom is 0.501 e. The van der Waals surface area contributed by atoms with Crippen LogP contribution in [0.25, 0.3) is 0 Å². The molecule has 0 bridgehead atoms. The predicted octanol–water partition coefficient (Wildman–Crippen LogP) is 0.305. The molecule has 0 amide bonds. The minimum Gasteiger partial charge on any atom is -1.00 e. The van der Waals surface area contributed by atoms with Gasteiger partial charge in [-0.05, 0) is 41.5 Å². The Balaban J connectivity index is 0. The van der Waals surface area contributed by atoms with Gasteiger partial charge < -0.3 is 30.2 Å². The Kier molecular flexibility index (Phi) is 14.4. The zero-order valence-corrected chi connectivity index (χ0v) is 16.7. The molecular formula is C15H36ClNO3Si. The van der Waals surface area contributed by atoms with Crippen molar-refractivity contribution in [1.29, 1.82) is 0 Å². The van der Waals surface area contributed by atoms with Crippen LogP contribution in [0.2, 0.25) is 6.04 Å². The van der Waals surface area contributed by atoms with E-state index in [0.29, 0.717) is 19.8 Å². The van der Waals surface area contributed by atoms with Gasteiger partial charge in [0.05, 0.1) is 26.2 Å². The van der Waals surface area contributed by atoms with Crippen LogP contribution in [-0.2, 0) is 13.3 Å². The Morgan fingerprint density at radius 1 is 0.714 bits per heavy atom. The van der Waals surface area contributed by atoms with Crippen LogP contribution in [-0.4, -0.2) is 59.3 Å². The first-order valence-electron chi connectivity index (χ1n) is 8.34. The molecule has 4 nitrogen and oxygen atoms in total. The highest BCUT2D eigenvalue weighted by atomic mass is 35.5. The van der Waals surface area contributed by atoms with Crippen molar-refractivity contribution in [3.8, 4) is 0 Å². The predicted molar refractivity (Wildman–Crippen MR) is 86.8 cm³/mol. The third kappa shape index (κ3) is 7.95. The SMILES string of the molecule is CCO[Si](CCC[N+](CC)(CC)CC)(OCC)OCC.[Cl-]. The monoisotopic (exact) mass is 341 g/mol. The van der Waals surface area contributed by atoms with Crippen molar-refractivity contribution in [2.24, 2.45) is 0 Å². The average molecular weight is 342 g/mol. The lowest BCUT2D eigenvalue weighted by Gasteiger charge is -2.37. The number of hydrogen-bond donors (Lipinski definition) is 0. The second kappa shape index (κ2) is 12.8. The number of nitrogens with zero attached hydrogens (tertiary/aromatic N) is 1. The van der Waals surface area contributed by atoms with E-state index in [2.05, 4.69) is 20.8 Å². The van der Waals surface area contributed by atoms with E-state index in [9.17, 15) is 0 Å². The Bertz CT molecular complexity index is 216. The Morgan fingerprint density at radius 2 is 1.10 bits per heavy atom. The summed E-state index contributed by atoms with van der Waals surface area (Å²) >= 11 is 0. The number of quaternary nitrogens is 1. The normalized spacial score (nSPS) is 12.3. The van der Waals surface area contributed by atoms with Crippen LogP contribution in [0.5, 0.6) is 0 Å². The fourth-order valence-electron chi connectivity index (χ4n) is 2.78. The topological polar surface area (TPSA) is 27.7 Å². The Morgan fingerprint density at radius 3 is 1.38 bits per heavy atom. The molecule has 0 unspecified atom stereocenters. The lowest BCUT2D eigenvalue weighted by Crippen LogP contribution is -3.00. The molecule has 0 atom stereocenters. The standard InChI is InChI=1S/C15H36NO3Si.ClH/c1-7-16(8-2,9-3)14-13-15-20(17-10-4,18-11-5)19-12-6;/h7-15H2,1-6H3;1H/q+1;/p-1. The third-order valence-electron chi connectivity index (χ3n) is 4.22. The van der Waals surface area contributed by atoms with Gasteiger partial charge in [-0.3, -0.25) is 0 Å². The van der Waals surface area contributed by atoms with E-state index in [-0.39, 0.29) is 12.4 Å². The highest BCUT2D eigenvalue weighted by Crippen LogP contribution is 2.20. The maximum absolute atomic E-state index is 5.91. The maximum atomic E-state index is 5.91. The second-order valence-electron chi connectivity index (χ2n) is 5.10. The molecular weight excluding hydrogens is 306 g/mol. The van der Waals surface area contributed by atoms with E-state index >= 15 is 0 Å². The summed E-state index contributed by atoms with van der Waals surface area (Å²) in [5.74, 6) is 0. The van der Waals surface area contributed by atoms with Crippen molar-refractivity contribution in [1.82, 2.24) is 0 Å². The van der Waals surface area contributed by atoms with Crippen LogP contribution in [0.3, 0.4) is 0 Å². The fourth-order valence-corrected chi connectivity index (χ4v) is 5.37. The van der Waals surface area contributed by atoms with Gasteiger partial charge in [0.25, 0.3) is 0 Å². The zero-order chi connectivity index (χ0) is 15.5. The van der Waals surface area contributed by atoms with E-state index in [0.717, 1.165) is 12.5 Å². The van der Waals surface area contributed by atoms with Gasteiger partial charge in [-0.15, -0.1) is 0 Å². The second-order valence-corrected chi connectivity index (χ2v) is 7.83. The van der Waals surface area contributed by atoms with Gasteiger partial charge in [0.2, 0.25) is 0 Å². The summed E-state index contributed by atoms with van der Waals surface area (Å²) in [6.07, 6.45) is 1.11. The lowest BCUT2D eigenvalue weighted by atomic mass is 10.3. The van der Waals surface area contributed by atoms with Crippen LogP contribution in [0, 0.1) is 0 Å². The van der Waals surface area contributed by atoms with E-state index < -0.39 is 8.80 Å². The summed E-state index contributed by atoms with van der Waals surface area (Å²) in [7, 11) is -2.44. The quantitative estimate of drug-likeness (QED) is 0.356. The van der Waals surface area contributed by atoms with E-state index in [4.69, 9.17) is 13.3 Å². The molecule has 21 heavy (non-hydrogen) atoms. The molecule has 0 aliphatic heterocycles. The molecule has 0 N–H and O–H groups in total. The van der Waals surface area contributed by atoms with Crippen LogP contribution >= 0.6 is 0 Å². The van der Waals surface area contributed by atoms with Crippen molar-refractivity contribution in [2.75, 3.05) is 46.0 Å². The van der Waals surface area contributed by atoms with Crippen molar-refractivity contribution in [3.05, 3.63) is 0 Å². The van der Waals surface area contributed by atoms with Crippen molar-refractivity contribution < 1.29 is 30.2 Å². The van der Waals surface area contributed by atoms with Gasteiger partial charge in [-0.25, -0.2) is 0 Å². The van der Waals surface area contributed by atoms with Crippen molar-refractivity contribution in [3.63, 3.8) is 0 Å². The first kappa shape index (κ1) is 23.6. The van der Waals surface area contributed by atoms with Gasteiger partial charge in [-0.1, -0.05) is 0 Å². The van der Waals surface area contributed by atoms with Gasteiger partial charge in [0.1, 0.15) is 0 Å². The smallest absolute Gasteiger partial charge is 0.501 e. The van der Waals surface area contributed by atoms with Crippen LogP contribution < -0.4 is 12.4 Å². The summed E-state index contributed by atoms with van der Waals surface area (Å²) in [5, 5.41) is 0. The molecule has 0 radical (unpaired) electrons. The molecule has 0 aliphatic rings. The Hall–Kier alpha value is 0.347. The summed E-state index contributed by atoms with van der Waals surface area (Å²) in [4.78, 5) is 0. The van der Waals surface area contributed by atoms with Crippen LogP contribution in [0.15, 0.2) is 0 Å². The molecule has 0 fully saturated rings. The van der Waals surface area contributed by atoms with Gasteiger partial charge >= 0.3 is 8.80 Å². The summed E-state index contributed by atoms with van der Waals surface area (Å²) in [6.45, 7) is 19.7. The van der Waals surface area contributed by atoms with E-state index in [1.165, 1.54) is 30.7 Å². The molecule has 0 aliphatic carbocycles. The third-order valence-corrected chi connectivity index (χ3v) is 7.37. The molecule has 0 rings (SSSR count). The first-order valence-corrected chi connectivity index (χ1v) is 10.3. The van der Waals surface area contributed by atoms with Crippen molar-refractivity contribution >= 4 is 8.80 Å². The molecule has 0 aromatic rings. The molecule has 0 spiro atoms. The number of hydrogen-bond acceptors (Lipinski definition) is 3. The molecule has 6 heteroatoms.